The largest absolute Gasteiger partial charge is 0.508 e. The molecule has 1 aromatic carbocycles. The SMILES string of the molecule is CSCCC(NC(=O)CNC(=O)C(N)C(C)O)C(=O)NC(Cc1ccc(O)cc1)C(=O)O. The van der Waals surface area contributed by atoms with Crippen LogP contribution in [0.3, 0.4) is 0 Å². The number of carboxylic acid groups (broad SMARTS) is 1. The molecule has 1 rings (SSSR count). The lowest BCUT2D eigenvalue weighted by atomic mass is 10.0. The van der Waals surface area contributed by atoms with Gasteiger partial charge in [-0.2, -0.15) is 11.8 Å². The van der Waals surface area contributed by atoms with E-state index < -0.39 is 54.5 Å². The van der Waals surface area contributed by atoms with Gasteiger partial charge in [0.1, 0.15) is 23.9 Å². The molecule has 4 unspecified atom stereocenters. The number of aliphatic carboxylic acids is 1. The highest BCUT2D eigenvalue weighted by Crippen LogP contribution is 2.12. The lowest BCUT2D eigenvalue weighted by Crippen LogP contribution is -2.54. The predicted octanol–water partition coefficient (Wildman–Crippen LogP) is -1.43. The lowest BCUT2D eigenvalue weighted by molar-refractivity contribution is -0.142. The summed E-state index contributed by atoms with van der Waals surface area (Å²) >= 11 is 1.44. The van der Waals surface area contributed by atoms with E-state index in [9.17, 15) is 34.5 Å². The number of aliphatic hydroxyl groups is 1. The Kier molecular flexibility index (Phi) is 11.5. The van der Waals surface area contributed by atoms with Crippen LogP contribution in [-0.4, -0.2) is 81.8 Å². The molecule has 3 amide bonds. The van der Waals surface area contributed by atoms with Gasteiger partial charge in [0.2, 0.25) is 17.7 Å². The van der Waals surface area contributed by atoms with Crippen LogP contribution in [-0.2, 0) is 25.6 Å². The zero-order chi connectivity index (χ0) is 24.3. The Morgan fingerprint density at radius 1 is 1.06 bits per heavy atom. The van der Waals surface area contributed by atoms with Crippen molar-refractivity contribution in [2.24, 2.45) is 5.73 Å². The van der Waals surface area contributed by atoms with E-state index in [1.807, 2.05) is 6.26 Å². The van der Waals surface area contributed by atoms with E-state index in [0.717, 1.165) is 0 Å². The second kappa shape index (κ2) is 13.6. The van der Waals surface area contributed by atoms with Gasteiger partial charge in [0, 0.05) is 6.42 Å². The summed E-state index contributed by atoms with van der Waals surface area (Å²) in [6.45, 7) is 0.877. The third-order valence-electron chi connectivity index (χ3n) is 4.50. The van der Waals surface area contributed by atoms with Crippen LogP contribution in [0.15, 0.2) is 24.3 Å². The average Bonchev–Trinajstić information content (AvgIpc) is 2.74. The second-order valence-corrected chi connectivity index (χ2v) is 8.14. The van der Waals surface area contributed by atoms with Crippen molar-refractivity contribution in [3.63, 3.8) is 0 Å². The monoisotopic (exact) mass is 470 g/mol. The van der Waals surface area contributed by atoms with E-state index >= 15 is 0 Å². The number of hydrogen-bond donors (Lipinski definition) is 7. The van der Waals surface area contributed by atoms with E-state index in [2.05, 4.69) is 16.0 Å². The Balaban J connectivity index is 2.75. The minimum Gasteiger partial charge on any atom is -0.508 e. The molecule has 0 aliphatic heterocycles. The van der Waals surface area contributed by atoms with Crippen LogP contribution < -0.4 is 21.7 Å². The number of carbonyl (C=O) groups is 4. The van der Waals surface area contributed by atoms with Crippen LogP contribution in [0.5, 0.6) is 5.75 Å². The van der Waals surface area contributed by atoms with E-state index in [0.29, 0.717) is 11.3 Å². The quantitative estimate of drug-likeness (QED) is 0.181. The summed E-state index contributed by atoms with van der Waals surface area (Å²) in [7, 11) is 0. The summed E-state index contributed by atoms with van der Waals surface area (Å²) in [6.07, 6.45) is 0.947. The van der Waals surface area contributed by atoms with Crippen LogP contribution >= 0.6 is 11.8 Å². The van der Waals surface area contributed by atoms with E-state index in [1.54, 1.807) is 12.1 Å². The number of carboxylic acids is 1. The lowest BCUT2D eigenvalue weighted by Gasteiger charge is -2.22. The Bertz CT molecular complexity index is 789. The molecule has 32 heavy (non-hydrogen) atoms. The van der Waals surface area contributed by atoms with Gasteiger partial charge in [-0.1, -0.05) is 12.1 Å². The fourth-order valence-corrected chi connectivity index (χ4v) is 3.07. The van der Waals surface area contributed by atoms with Crippen LogP contribution in [0.1, 0.15) is 18.9 Å². The molecule has 0 aliphatic carbocycles. The Morgan fingerprint density at radius 3 is 2.22 bits per heavy atom. The molecule has 11 nitrogen and oxygen atoms in total. The third kappa shape index (κ3) is 9.54. The molecule has 0 aliphatic rings. The zero-order valence-corrected chi connectivity index (χ0v) is 18.7. The van der Waals surface area contributed by atoms with Gasteiger partial charge in [0.25, 0.3) is 0 Å². The van der Waals surface area contributed by atoms with Gasteiger partial charge in [-0.05, 0) is 43.0 Å². The third-order valence-corrected chi connectivity index (χ3v) is 5.14. The Labute approximate surface area is 190 Å². The molecule has 0 saturated heterocycles. The number of aromatic hydroxyl groups is 1. The van der Waals surface area contributed by atoms with Crippen molar-refractivity contribution in [1.82, 2.24) is 16.0 Å². The van der Waals surface area contributed by atoms with Gasteiger partial charge < -0.3 is 37.0 Å². The zero-order valence-electron chi connectivity index (χ0n) is 17.9. The van der Waals surface area contributed by atoms with Crippen molar-refractivity contribution < 1.29 is 34.5 Å². The number of phenolic OH excluding ortho intramolecular Hbond substituents is 1. The van der Waals surface area contributed by atoms with Crippen LogP contribution in [0.4, 0.5) is 0 Å². The fraction of sp³-hybridized carbons (Fsp3) is 0.500. The second-order valence-electron chi connectivity index (χ2n) is 7.16. The van der Waals surface area contributed by atoms with Gasteiger partial charge in [-0.25, -0.2) is 4.79 Å². The van der Waals surface area contributed by atoms with E-state index in [1.165, 1.54) is 30.8 Å². The molecule has 12 heteroatoms. The first-order chi connectivity index (χ1) is 15.0. The molecule has 0 spiro atoms. The topological polar surface area (TPSA) is 191 Å². The standard InChI is InChI=1S/C20H30N4O7S/c1-11(25)17(21)19(29)22-10-16(27)23-14(7-8-32-2)18(28)24-15(20(30)31)9-12-3-5-13(26)6-4-12/h3-6,11,14-15,17,25-26H,7-10,21H2,1-2H3,(H,22,29)(H,23,27)(H,24,28)(H,30,31). The number of phenols is 1. The number of aliphatic hydroxyl groups excluding tert-OH is 1. The van der Waals surface area contributed by atoms with Crippen molar-refractivity contribution in [2.75, 3.05) is 18.6 Å². The van der Waals surface area contributed by atoms with E-state index in [-0.39, 0.29) is 18.6 Å². The molecule has 0 bridgehead atoms. The number of benzene rings is 1. The van der Waals surface area contributed by atoms with E-state index in [4.69, 9.17) is 5.73 Å². The minimum absolute atomic E-state index is 0.0160. The Hall–Kier alpha value is -2.83. The van der Waals surface area contributed by atoms with Crippen molar-refractivity contribution in [1.29, 1.82) is 0 Å². The molecule has 178 valence electrons. The first-order valence-electron chi connectivity index (χ1n) is 9.85. The van der Waals surface area contributed by atoms with Gasteiger partial charge in [-0.3, -0.25) is 14.4 Å². The average molecular weight is 471 g/mol. The molecular weight excluding hydrogens is 440 g/mol. The molecule has 0 radical (unpaired) electrons. The predicted molar refractivity (Wildman–Crippen MR) is 119 cm³/mol. The maximum absolute atomic E-state index is 12.7. The minimum atomic E-state index is -1.25. The first-order valence-corrected chi connectivity index (χ1v) is 11.2. The highest BCUT2D eigenvalue weighted by molar-refractivity contribution is 7.98. The molecule has 1 aromatic rings. The number of carbonyl (C=O) groups excluding carboxylic acids is 3. The molecule has 4 atom stereocenters. The van der Waals surface area contributed by atoms with Gasteiger partial charge in [0.15, 0.2) is 0 Å². The van der Waals surface area contributed by atoms with Crippen molar-refractivity contribution >= 4 is 35.5 Å². The summed E-state index contributed by atoms with van der Waals surface area (Å²) in [5, 5.41) is 35.3. The molecule has 0 aromatic heterocycles. The summed E-state index contributed by atoms with van der Waals surface area (Å²) in [5.41, 5.74) is 6.08. The Morgan fingerprint density at radius 2 is 1.69 bits per heavy atom. The van der Waals surface area contributed by atoms with Crippen molar-refractivity contribution in [3.05, 3.63) is 29.8 Å². The highest BCUT2D eigenvalue weighted by atomic mass is 32.2. The van der Waals surface area contributed by atoms with Crippen LogP contribution in [0.2, 0.25) is 0 Å². The van der Waals surface area contributed by atoms with Gasteiger partial charge >= 0.3 is 5.97 Å². The smallest absolute Gasteiger partial charge is 0.326 e. The number of thioether (sulfide) groups is 1. The normalized spacial score (nSPS) is 14.5. The molecule has 0 saturated carbocycles. The summed E-state index contributed by atoms with van der Waals surface area (Å²) < 4.78 is 0. The van der Waals surface area contributed by atoms with Gasteiger partial charge in [0.05, 0.1) is 12.6 Å². The number of nitrogens with one attached hydrogen (secondary N) is 3. The number of amides is 3. The molecule has 0 fully saturated rings. The summed E-state index contributed by atoms with van der Waals surface area (Å²) in [6, 6.07) is 2.46. The number of hydrogen-bond acceptors (Lipinski definition) is 8. The first kappa shape index (κ1) is 27.2. The van der Waals surface area contributed by atoms with Crippen LogP contribution in [0.25, 0.3) is 0 Å². The van der Waals surface area contributed by atoms with Crippen molar-refractivity contribution in [3.8, 4) is 5.75 Å². The maximum atomic E-state index is 12.7. The fourth-order valence-electron chi connectivity index (χ4n) is 2.59. The van der Waals surface area contributed by atoms with Crippen molar-refractivity contribution in [2.45, 2.75) is 44.0 Å². The molecule has 0 heterocycles. The number of nitrogens with two attached hydrogens (primary N) is 1. The van der Waals surface area contributed by atoms with Crippen LogP contribution in [0, 0.1) is 0 Å². The summed E-state index contributed by atoms with van der Waals surface area (Å²) in [4.78, 5) is 48.3. The van der Waals surface area contributed by atoms with Gasteiger partial charge in [-0.15, -0.1) is 0 Å². The molecule has 8 N–H and O–H groups in total. The summed E-state index contributed by atoms with van der Waals surface area (Å²) in [5.74, 6) is -2.76. The molecular formula is C20H30N4O7S. The maximum Gasteiger partial charge on any atom is 0.326 e. The number of rotatable bonds is 13. The highest BCUT2D eigenvalue weighted by Gasteiger charge is 2.27.